The predicted octanol–water partition coefficient (Wildman–Crippen LogP) is 4.36. The highest BCUT2D eigenvalue weighted by atomic mass is 19.1. The van der Waals surface area contributed by atoms with Gasteiger partial charge in [0, 0.05) is 37.6 Å². The average Bonchev–Trinajstić information content (AvgIpc) is 3.18. The predicted molar refractivity (Wildman–Crippen MR) is 125 cm³/mol. The van der Waals surface area contributed by atoms with Gasteiger partial charge in [-0.25, -0.2) is 14.4 Å². The van der Waals surface area contributed by atoms with Crippen molar-refractivity contribution in [2.75, 3.05) is 13.1 Å². The van der Waals surface area contributed by atoms with Crippen molar-refractivity contribution in [3.05, 3.63) is 76.6 Å². The highest BCUT2D eigenvalue weighted by molar-refractivity contribution is 5.78. The van der Waals surface area contributed by atoms with Crippen molar-refractivity contribution in [1.29, 1.82) is 0 Å². The van der Waals surface area contributed by atoms with Gasteiger partial charge in [-0.3, -0.25) is 9.36 Å². The Balaban J connectivity index is 1.88. The molecule has 0 radical (unpaired) electrons. The zero-order chi connectivity index (χ0) is 22.8. The summed E-state index contributed by atoms with van der Waals surface area (Å²) >= 11 is 0. The summed E-state index contributed by atoms with van der Waals surface area (Å²) in [7, 11) is 0. The van der Waals surface area contributed by atoms with E-state index in [1.54, 1.807) is 15.2 Å². The van der Waals surface area contributed by atoms with E-state index in [2.05, 4.69) is 16.4 Å². The summed E-state index contributed by atoms with van der Waals surface area (Å²) in [5.41, 5.74) is 6.08. The smallest absolute Gasteiger partial charge is 0.229 e. The average molecular weight is 434 g/mol. The lowest BCUT2D eigenvalue weighted by molar-refractivity contribution is 0.0931. The Labute approximate surface area is 186 Å². The number of rotatable bonds is 4. The zero-order valence-corrected chi connectivity index (χ0v) is 18.9. The number of aryl methyl sites for hydroxylation is 1. The maximum absolute atomic E-state index is 14.8. The van der Waals surface area contributed by atoms with E-state index in [1.807, 2.05) is 45.3 Å². The number of fused-ring (bicyclic) bond motifs is 1. The Morgan fingerprint density at radius 3 is 2.75 bits per heavy atom. The topological polar surface area (TPSA) is 63.7 Å². The number of carbonyl (C=O) groups is 1. The van der Waals surface area contributed by atoms with E-state index in [0.717, 1.165) is 42.8 Å². The molecule has 0 amide bonds. The van der Waals surface area contributed by atoms with Crippen LogP contribution in [0.4, 0.5) is 4.39 Å². The number of hydrogen-bond donors (Lipinski definition) is 1. The van der Waals surface area contributed by atoms with Crippen LogP contribution in [-0.4, -0.2) is 32.9 Å². The fourth-order valence-corrected chi connectivity index (χ4v) is 3.91. The molecule has 32 heavy (non-hydrogen) atoms. The van der Waals surface area contributed by atoms with E-state index in [1.165, 1.54) is 18.6 Å². The summed E-state index contributed by atoms with van der Waals surface area (Å²) in [6, 6.07) is 5.32. The van der Waals surface area contributed by atoms with Crippen LogP contribution in [0.3, 0.4) is 0 Å². The summed E-state index contributed by atoms with van der Waals surface area (Å²) in [6.07, 6.45) is 9.29. The minimum absolute atomic E-state index is 0.125. The molecule has 1 N–H and O–H groups in total. The zero-order valence-electron chi connectivity index (χ0n) is 18.9. The van der Waals surface area contributed by atoms with Crippen LogP contribution in [0.5, 0.6) is 0 Å². The van der Waals surface area contributed by atoms with Crippen molar-refractivity contribution in [1.82, 2.24) is 19.3 Å². The fourth-order valence-electron chi connectivity index (χ4n) is 3.91. The Morgan fingerprint density at radius 2 is 2.06 bits per heavy atom. The second kappa shape index (κ2) is 9.04. The molecule has 6 nitrogen and oxygen atoms in total. The lowest BCUT2D eigenvalue weighted by Crippen LogP contribution is -2.26. The number of nitrogens with one attached hydrogen (secondary N) is 1. The Hall–Kier alpha value is -3.32. The number of pyridine rings is 2. The van der Waals surface area contributed by atoms with Crippen LogP contribution in [0.1, 0.15) is 55.2 Å². The van der Waals surface area contributed by atoms with Gasteiger partial charge in [0.05, 0.1) is 11.4 Å². The van der Waals surface area contributed by atoms with E-state index < -0.39 is 5.82 Å². The number of carbonyl (C=O) groups excluding carboxylic acids is 1. The first kappa shape index (κ1) is 21.9. The Morgan fingerprint density at radius 1 is 1.25 bits per heavy atom. The van der Waals surface area contributed by atoms with E-state index in [9.17, 15) is 9.18 Å². The molecule has 166 valence electrons. The summed E-state index contributed by atoms with van der Waals surface area (Å²) in [4.78, 5) is 21.6. The number of imidazole rings is 1. The molecule has 7 heteroatoms. The number of allylic oxidation sites excluding steroid dienone is 1. The second-order valence-corrected chi connectivity index (χ2v) is 8.13. The molecule has 0 bridgehead atoms. The summed E-state index contributed by atoms with van der Waals surface area (Å²) in [5, 5.41) is 3.30. The highest BCUT2D eigenvalue weighted by Gasteiger charge is 2.13. The third-order valence-electron chi connectivity index (χ3n) is 5.76. The molecule has 4 heterocycles. The molecule has 0 saturated heterocycles. The lowest BCUT2D eigenvalue weighted by Gasteiger charge is -2.16. The number of aromatic nitrogens is 3. The molecule has 0 aromatic carbocycles. The molecule has 3 aromatic heterocycles. The van der Waals surface area contributed by atoms with Crippen molar-refractivity contribution in [3.63, 3.8) is 0 Å². The normalized spacial score (nSPS) is 15.7. The van der Waals surface area contributed by atoms with Gasteiger partial charge in [0.25, 0.3) is 0 Å². The lowest BCUT2D eigenvalue weighted by atomic mass is 10.0. The molecule has 1 aliphatic rings. The van der Waals surface area contributed by atoms with Gasteiger partial charge in [0.15, 0.2) is 11.5 Å². The fraction of sp³-hybridized carbons (Fsp3) is 0.320. The van der Waals surface area contributed by atoms with Gasteiger partial charge < -0.3 is 9.72 Å². The SMILES string of the molecule is CC/C(C)=C(/N=c1ccc(C2=CCNCC2)cn1C(C)=O)c1cc(F)c2nc(C)cn2c1. The second-order valence-electron chi connectivity index (χ2n) is 8.13. The summed E-state index contributed by atoms with van der Waals surface area (Å²) < 4.78 is 18.0. The van der Waals surface area contributed by atoms with Crippen LogP contribution in [0, 0.1) is 12.7 Å². The third kappa shape index (κ3) is 4.34. The monoisotopic (exact) mass is 433 g/mol. The Bertz CT molecular complexity index is 1330. The van der Waals surface area contributed by atoms with E-state index in [0.29, 0.717) is 16.7 Å². The van der Waals surface area contributed by atoms with Gasteiger partial charge in [-0.2, -0.15) is 0 Å². The quantitative estimate of drug-likeness (QED) is 0.665. The van der Waals surface area contributed by atoms with Crippen molar-refractivity contribution >= 4 is 22.8 Å². The van der Waals surface area contributed by atoms with Gasteiger partial charge in [-0.1, -0.05) is 13.0 Å². The molecule has 0 atom stereocenters. The standard InChI is InChI=1S/C25H28FN5O/c1-5-16(2)24(21-12-22(26)25-28-17(3)13-30(25)14-21)29-23-7-6-20(15-31(23)18(4)32)19-8-10-27-11-9-19/h6-8,12-15,27H,5,9-11H2,1-4H3/b24-16+,29-23?. The highest BCUT2D eigenvalue weighted by Crippen LogP contribution is 2.24. The van der Waals surface area contributed by atoms with Crippen LogP contribution in [-0.2, 0) is 0 Å². The van der Waals surface area contributed by atoms with E-state index in [-0.39, 0.29) is 11.6 Å². The maximum Gasteiger partial charge on any atom is 0.229 e. The number of nitrogens with zero attached hydrogens (tertiary/aromatic N) is 4. The van der Waals surface area contributed by atoms with Gasteiger partial charge in [0.1, 0.15) is 5.49 Å². The van der Waals surface area contributed by atoms with Crippen LogP contribution in [0.25, 0.3) is 16.9 Å². The van der Waals surface area contributed by atoms with Crippen molar-refractivity contribution in [2.24, 2.45) is 4.99 Å². The van der Waals surface area contributed by atoms with Crippen LogP contribution in [0.2, 0.25) is 0 Å². The molecular weight excluding hydrogens is 405 g/mol. The minimum atomic E-state index is -0.403. The van der Waals surface area contributed by atoms with Gasteiger partial charge >= 0.3 is 0 Å². The molecule has 0 saturated carbocycles. The van der Waals surface area contributed by atoms with Crippen molar-refractivity contribution in [2.45, 2.75) is 40.5 Å². The molecule has 3 aromatic rings. The molecule has 1 aliphatic heterocycles. The molecule has 0 spiro atoms. The summed E-state index contributed by atoms with van der Waals surface area (Å²) in [5.74, 6) is -0.527. The first-order chi connectivity index (χ1) is 15.4. The Kier molecular flexibility index (Phi) is 6.19. The molecule has 0 fully saturated rings. The van der Waals surface area contributed by atoms with E-state index >= 15 is 0 Å². The summed E-state index contributed by atoms with van der Waals surface area (Å²) in [6.45, 7) is 9.11. The molecule has 0 aliphatic carbocycles. The van der Waals surface area contributed by atoms with Gasteiger partial charge in [0.2, 0.25) is 5.91 Å². The first-order valence-electron chi connectivity index (χ1n) is 10.9. The number of hydrogen-bond acceptors (Lipinski definition) is 4. The molecule has 4 rings (SSSR count). The van der Waals surface area contributed by atoms with Gasteiger partial charge in [-0.15, -0.1) is 0 Å². The molecule has 0 unspecified atom stereocenters. The largest absolute Gasteiger partial charge is 0.313 e. The van der Waals surface area contributed by atoms with Gasteiger partial charge in [-0.05, 0) is 68.1 Å². The van der Waals surface area contributed by atoms with Crippen LogP contribution >= 0.6 is 0 Å². The molecular formula is C25H28FN5O. The van der Waals surface area contributed by atoms with Crippen molar-refractivity contribution in [3.8, 4) is 0 Å². The minimum Gasteiger partial charge on any atom is -0.313 e. The maximum atomic E-state index is 14.8. The van der Waals surface area contributed by atoms with Crippen LogP contribution < -0.4 is 10.8 Å². The van der Waals surface area contributed by atoms with Crippen LogP contribution in [0.15, 0.2) is 53.4 Å². The third-order valence-corrected chi connectivity index (χ3v) is 5.76. The number of halogens is 1. The van der Waals surface area contributed by atoms with E-state index in [4.69, 9.17) is 4.99 Å². The van der Waals surface area contributed by atoms with Crippen molar-refractivity contribution < 1.29 is 9.18 Å². The first-order valence-corrected chi connectivity index (χ1v) is 10.9.